The van der Waals surface area contributed by atoms with Gasteiger partial charge in [-0.05, 0) is 19.4 Å². The fraction of sp³-hybridized carbons (Fsp3) is 0.267. The van der Waals surface area contributed by atoms with E-state index in [1.165, 1.54) is 12.7 Å². The van der Waals surface area contributed by atoms with E-state index in [1.807, 2.05) is 31.2 Å². The number of carbonyl (C=O) groups is 1. The summed E-state index contributed by atoms with van der Waals surface area (Å²) in [5.41, 5.74) is 8.89. The Morgan fingerprint density at radius 2 is 1.85 bits per heavy atom. The predicted molar refractivity (Wildman–Crippen MR) is 76.5 cm³/mol. The lowest BCUT2D eigenvalue weighted by molar-refractivity contribution is 0.0600. The Balaban J connectivity index is 2.30. The molecular formula is C15H17N3O2. The normalized spacial score (nSPS) is 10.3. The number of rotatable bonds is 3. The van der Waals surface area contributed by atoms with Gasteiger partial charge in [0.25, 0.3) is 0 Å². The molecule has 0 bridgehead atoms. The van der Waals surface area contributed by atoms with Gasteiger partial charge in [0.1, 0.15) is 17.2 Å². The van der Waals surface area contributed by atoms with Crippen molar-refractivity contribution < 1.29 is 9.53 Å². The van der Waals surface area contributed by atoms with Gasteiger partial charge in [-0.2, -0.15) is 0 Å². The topological polar surface area (TPSA) is 78.1 Å². The van der Waals surface area contributed by atoms with E-state index in [4.69, 9.17) is 5.73 Å². The molecule has 0 aliphatic carbocycles. The molecule has 1 aromatic carbocycles. The van der Waals surface area contributed by atoms with Gasteiger partial charge in [-0.25, -0.2) is 14.8 Å². The smallest absolute Gasteiger partial charge is 0.343 e. The maximum absolute atomic E-state index is 11.6. The number of hydrogen-bond donors (Lipinski definition) is 1. The van der Waals surface area contributed by atoms with Crippen molar-refractivity contribution in [3.63, 3.8) is 0 Å². The van der Waals surface area contributed by atoms with Crippen LogP contribution >= 0.6 is 0 Å². The van der Waals surface area contributed by atoms with E-state index >= 15 is 0 Å². The van der Waals surface area contributed by atoms with E-state index in [0.717, 1.165) is 5.56 Å². The molecule has 0 spiro atoms. The van der Waals surface area contributed by atoms with Crippen LogP contribution < -0.4 is 5.73 Å². The zero-order chi connectivity index (χ0) is 14.7. The van der Waals surface area contributed by atoms with Crippen molar-refractivity contribution in [3.05, 3.63) is 52.5 Å². The lowest BCUT2D eigenvalue weighted by Crippen LogP contribution is -2.13. The van der Waals surface area contributed by atoms with E-state index in [0.29, 0.717) is 17.9 Å². The number of hydrogen-bond acceptors (Lipinski definition) is 5. The molecule has 2 aromatic rings. The Bertz CT molecular complexity index is 613. The molecule has 104 valence electrons. The van der Waals surface area contributed by atoms with E-state index in [-0.39, 0.29) is 11.4 Å². The highest BCUT2D eigenvalue weighted by molar-refractivity contribution is 5.95. The highest BCUT2D eigenvalue weighted by Gasteiger charge is 2.17. The maximum atomic E-state index is 11.6. The number of anilines is 1. The molecule has 5 heteroatoms. The van der Waals surface area contributed by atoms with E-state index in [1.54, 1.807) is 6.92 Å². The van der Waals surface area contributed by atoms with E-state index in [9.17, 15) is 4.79 Å². The van der Waals surface area contributed by atoms with Crippen LogP contribution in [0.15, 0.2) is 24.3 Å². The number of aryl methyl sites for hydroxylation is 2. The molecule has 1 aromatic heterocycles. The summed E-state index contributed by atoms with van der Waals surface area (Å²) in [4.78, 5) is 20.1. The summed E-state index contributed by atoms with van der Waals surface area (Å²) in [7, 11) is 1.31. The van der Waals surface area contributed by atoms with Crippen molar-refractivity contribution in [3.8, 4) is 0 Å². The molecule has 0 saturated carbocycles. The second-order valence-electron chi connectivity index (χ2n) is 4.64. The van der Waals surface area contributed by atoms with Crippen molar-refractivity contribution >= 4 is 11.8 Å². The van der Waals surface area contributed by atoms with Crippen molar-refractivity contribution in [2.24, 2.45) is 0 Å². The quantitative estimate of drug-likeness (QED) is 0.864. The van der Waals surface area contributed by atoms with Crippen LogP contribution in [0.25, 0.3) is 0 Å². The fourth-order valence-corrected chi connectivity index (χ4v) is 1.98. The predicted octanol–water partition coefficient (Wildman–Crippen LogP) is 2.05. The summed E-state index contributed by atoms with van der Waals surface area (Å²) < 4.78 is 4.67. The minimum absolute atomic E-state index is 0.159. The van der Waals surface area contributed by atoms with Crippen LogP contribution in [-0.2, 0) is 11.2 Å². The third kappa shape index (κ3) is 2.93. The first-order valence-corrected chi connectivity index (χ1v) is 6.28. The Hall–Kier alpha value is -2.43. The average molecular weight is 271 g/mol. The molecule has 2 N–H and O–H groups in total. The van der Waals surface area contributed by atoms with Crippen LogP contribution in [0, 0.1) is 13.8 Å². The first-order valence-electron chi connectivity index (χ1n) is 6.28. The Kier molecular flexibility index (Phi) is 3.98. The number of nitrogens with two attached hydrogens (primary N) is 1. The van der Waals surface area contributed by atoms with Gasteiger partial charge in [0.05, 0.1) is 12.8 Å². The highest BCUT2D eigenvalue weighted by atomic mass is 16.5. The number of esters is 1. The second-order valence-corrected chi connectivity index (χ2v) is 4.64. The van der Waals surface area contributed by atoms with E-state index < -0.39 is 5.97 Å². The molecule has 2 rings (SSSR count). The molecule has 0 aliphatic rings. The van der Waals surface area contributed by atoms with Gasteiger partial charge < -0.3 is 10.5 Å². The van der Waals surface area contributed by atoms with Gasteiger partial charge in [-0.15, -0.1) is 0 Å². The monoisotopic (exact) mass is 271 g/mol. The zero-order valence-electron chi connectivity index (χ0n) is 11.8. The first kappa shape index (κ1) is 14.0. The summed E-state index contributed by atoms with van der Waals surface area (Å²) in [6.07, 6.45) is 0.576. The number of carbonyl (C=O) groups excluding carboxylic acids is 1. The molecule has 0 amide bonds. The first-order chi connectivity index (χ1) is 9.51. The van der Waals surface area contributed by atoms with Gasteiger partial charge >= 0.3 is 5.97 Å². The number of ether oxygens (including phenoxy) is 1. The van der Waals surface area contributed by atoms with Crippen molar-refractivity contribution in [1.29, 1.82) is 0 Å². The van der Waals surface area contributed by atoms with Crippen LogP contribution in [0.1, 0.15) is 33.0 Å². The molecule has 0 aliphatic heterocycles. The van der Waals surface area contributed by atoms with Gasteiger partial charge in [0.2, 0.25) is 0 Å². The van der Waals surface area contributed by atoms with Gasteiger partial charge in [0, 0.05) is 6.42 Å². The fourth-order valence-electron chi connectivity index (χ4n) is 1.98. The summed E-state index contributed by atoms with van der Waals surface area (Å²) >= 11 is 0. The number of aromatic nitrogens is 2. The number of nitrogen functional groups attached to an aromatic ring is 1. The summed E-state index contributed by atoms with van der Waals surface area (Å²) in [5.74, 6) is 0.241. The maximum Gasteiger partial charge on any atom is 0.343 e. The van der Waals surface area contributed by atoms with Crippen molar-refractivity contribution in [1.82, 2.24) is 9.97 Å². The highest BCUT2D eigenvalue weighted by Crippen LogP contribution is 2.16. The molecule has 20 heavy (non-hydrogen) atoms. The van der Waals surface area contributed by atoms with Crippen molar-refractivity contribution in [2.45, 2.75) is 20.3 Å². The Morgan fingerprint density at radius 3 is 2.40 bits per heavy atom. The van der Waals surface area contributed by atoms with Crippen molar-refractivity contribution in [2.75, 3.05) is 12.8 Å². The number of nitrogens with zero attached hydrogens (tertiary/aromatic N) is 2. The average Bonchev–Trinajstić information content (AvgIpc) is 2.40. The van der Waals surface area contributed by atoms with Gasteiger partial charge in [0.15, 0.2) is 0 Å². The minimum Gasteiger partial charge on any atom is -0.465 e. The molecule has 1 heterocycles. The van der Waals surface area contributed by atoms with Gasteiger partial charge in [-0.1, -0.05) is 29.8 Å². The molecule has 0 atom stereocenters. The zero-order valence-corrected chi connectivity index (χ0v) is 11.8. The van der Waals surface area contributed by atoms with Crippen LogP contribution in [0.3, 0.4) is 0 Å². The minimum atomic E-state index is -0.512. The van der Waals surface area contributed by atoms with Crippen LogP contribution in [0.2, 0.25) is 0 Å². The second kappa shape index (κ2) is 5.69. The summed E-state index contributed by atoms with van der Waals surface area (Å²) in [6, 6.07) is 8.12. The molecule has 0 radical (unpaired) electrons. The van der Waals surface area contributed by atoms with Gasteiger partial charge in [-0.3, -0.25) is 0 Å². The Morgan fingerprint density at radius 1 is 1.20 bits per heavy atom. The molecule has 5 nitrogen and oxygen atoms in total. The largest absolute Gasteiger partial charge is 0.465 e. The van der Waals surface area contributed by atoms with Crippen LogP contribution in [0.5, 0.6) is 0 Å². The lowest BCUT2D eigenvalue weighted by Gasteiger charge is -2.09. The van der Waals surface area contributed by atoms with Crippen LogP contribution in [-0.4, -0.2) is 23.0 Å². The molecular weight excluding hydrogens is 254 g/mol. The summed E-state index contributed by atoms with van der Waals surface area (Å²) in [6.45, 7) is 3.76. The van der Waals surface area contributed by atoms with Crippen LogP contribution in [0.4, 0.5) is 5.82 Å². The molecule has 0 fully saturated rings. The molecule has 0 saturated heterocycles. The summed E-state index contributed by atoms with van der Waals surface area (Å²) in [5, 5.41) is 0. The third-order valence-corrected chi connectivity index (χ3v) is 3.04. The Labute approximate surface area is 117 Å². The molecule has 0 unspecified atom stereocenters. The standard InChI is InChI=1S/C15H17N3O2/c1-9-4-6-11(7-5-9)8-12-17-10(2)13(14(16)18-12)15(19)20-3/h4-7H,8H2,1-3H3,(H2,16,17,18). The lowest BCUT2D eigenvalue weighted by atomic mass is 10.1. The SMILES string of the molecule is COC(=O)c1c(C)nc(Cc2ccc(C)cc2)nc1N. The number of benzene rings is 1. The van der Waals surface area contributed by atoms with E-state index in [2.05, 4.69) is 14.7 Å². The number of methoxy groups -OCH3 is 1. The third-order valence-electron chi connectivity index (χ3n) is 3.04.